The zero-order chi connectivity index (χ0) is 22.2. The number of imidazole rings is 1. The summed E-state index contributed by atoms with van der Waals surface area (Å²) in [6.45, 7) is 3.51. The second-order valence-corrected chi connectivity index (χ2v) is 9.96. The van der Waals surface area contributed by atoms with Crippen molar-refractivity contribution in [3.05, 3.63) is 36.3 Å². The minimum atomic E-state index is -3.70. The number of nitrogens with two attached hydrogens (primary N) is 1. The first kappa shape index (κ1) is 21.4. The summed E-state index contributed by atoms with van der Waals surface area (Å²) in [5.41, 5.74) is 8.53. The van der Waals surface area contributed by atoms with Gasteiger partial charge in [0.25, 0.3) is 0 Å². The van der Waals surface area contributed by atoms with Gasteiger partial charge in [-0.05, 0) is 63.1 Å². The third-order valence-corrected chi connectivity index (χ3v) is 7.39. The molecule has 2 aromatic heterocycles. The Morgan fingerprint density at radius 1 is 1.23 bits per heavy atom. The van der Waals surface area contributed by atoms with E-state index in [1.54, 1.807) is 35.8 Å². The fourth-order valence-corrected chi connectivity index (χ4v) is 5.57. The molecule has 1 aliphatic carbocycles. The maximum absolute atomic E-state index is 13.1. The summed E-state index contributed by atoms with van der Waals surface area (Å²) in [5.74, 6) is 0.800. The van der Waals surface area contributed by atoms with Crippen molar-refractivity contribution in [2.45, 2.75) is 56.9 Å². The number of anilines is 1. The highest BCUT2D eigenvalue weighted by Crippen LogP contribution is 2.30. The van der Waals surface area contributed by atoms with E-state index in [0.717, 1.165) is 31.2 Å². The molecule has 3 N–H and O–H groups in total. The molecule has 4 rings (SSSR count). The van der Waals surface area contributed by atoms with E-state index >= 15 is 0 Å². The molecule has 2 heterocycles. The molecule has 0 amide bonds. The third kappa shape index (κ3) is 4.45. The molecule has 0 atom stereocenters. The molecule has 0 aliphatic heterocycles. The molecule has 1 fully saturated rings. The van der Waals surface area contributed by atoms with Crippen LogP contribution in [0.3, 0.4) is 0 Å². The van der Waals surface area contributed by atoms with Gasteiger partial charge >= 0.3 is 0 Å². The van der Waals surface area contributed by atoms with Gasteiger partial charge in [0.05, 0.1) is 16.8 Å². The van der Waals surface area contributed by atoms with Gasteiger partial charge in [0.1, 0.15) is 12.1 Å². The number of nitrogens with one attached hydrogen (secondary N) is 1. The van der Waals surface area contributed by atoms with Crippen molar-refractivity contribution in [2.24, 2.45) is 5.92 Å². The molecule has 1 saturated carbocycles. The first-order chi connectivity index (χ1) is 14.7. The van der Waals surface area contributed by atoms with Gasteiger partial charge in [-0.15, -0.1) is 0 Å². The van der Waals surface area contributed by atoms with E-state index in [2.05, 4.69) is 19.8 Å². The Labute approximate surface area is 181 Å². The first-order valence-corrected chi connectivity index (χ1v) is 11.8. The fraction of sp³-hybridized carbons (Fsp3) is 0.429. The van der Waals surface area contributed by atoms with Crippen LogP contribution in [0, 0.1) is 12.8 Å². The maximum Gasteiger partial charge on any atom is 0.240 e. The zero-order valence-corrected chi connectivity index (χ0v) is 18.4. The molecular formula is C21H26N6O3S. The van der Waals surface area contributed by atoms with Crippen molar-refractivity contribution >= 4 is 27.3 Å². The number of rotatable bonds is 6. The molecular weight excluding hydrogens is 416 g/mol. The topological polar surface area (TPSA) is 132 Å². The maximum atomic E-state index is 13.1. The summed E-state index contributed by atoms with van der Waals surface area (Å²) in [5, 5.41) is 4.21. The van der Waals surface area contributed by atoms with Crippen LogP contribution in [0.5, 0.6) is 0 Å². The van der Waals surface area contributed by atoms with Crippen LogP contribution in [0.15, 0.2) is 35.6 Å². The van der Waals surface area contributed by atoms with E-state index in [0.29, 0.717) is 29.2 Å². The molecule has 10 heteroatoms. The lowest BCUT2D eigenvalue weighted by atomic mass is 9.84. The smallest absolute Gasteiger partial charge is 0.240 e. The van der Waals surface area contributed by atoms with Gasteiger partial charge in [-0.3, -0.25) is 0 Å². The van der Waals surface area contributed by atoms with E-state index in [1.807, 2.05) is 6.92 Å². The van der Waals surface area contributed by atoms with Gasteiger partial charge in [0.15, 0.2) is 11.5 Å². The van der Waals surface area contributed by atoms with Crippen LogP contribution in [0.25, 0.3) is 16.9 Å². The molecule has 0 bridgehead atoms. The second-order valence-electron chi connectivity index (χ2n) is 8.25. The minimum absolute atomic E-state index is 0.124. The van der Waals surface area contributed by atoms with E-state index in [9.17, 15) is 13.2 Å². The average molecular weight is 443 g/mol. The summed E-state index contributed by atoms with van der Waals surface area (Å²) in [6, 6.07) is 4.90. The molecule has 31 heavy (non-hydrogen) atoms. The highest BCUT2D eigenvalue weighted by atomic mass is 32.2. The summed E-state index contributed by atoms with van der Waals surface area (Å²) in [4.78, 5) is 19.7. The Morgan fingerprint density at radius 3 is 2.68 bits per heavy atom. The molecule has 1 aliphatic rings. The number of ketones is 1. The van der Waals surface area contributed by atoms with Gasteiger partial charge in [-0.1, -0.05) is 6.07 Å². The number of fused-ring (bicyclic) bond motifs is 1. The normalized spacial score (nSPS) is 19.5. The monoisotopic (exact) mass is 442 g/mol. The Balaban J connectivity index is 1.57. The number of hydrogen-bond donors (Lipinski definition) is 2. The number of sulfonamides is 1. The van der Waals surface area contributed by atoms with E-state index in [1.165, 1.54) is 6.33 Å². The SMILES string of the molecule is CC(=O)CC1CCC(NS(=O)(=O)c2ccc(C)c(-c3cnc4c(N)ncnn34)c2)CC1. The third-order valence-electron chi connectivity index (χ3n) is 5.87. The van der Waals surface area contributed by atoms with E-state index < -0.39 is 10.0 Å². The van der Waals surface area contributed by atoms with E-state index in [-0.39, 0.29) is 22.5 Å². The Morgan fingerprint density at radius 2 is 1.97 bits per heavy atom. The van der Waals surface area contributed by atoms with E-state index in [4.69, 9.17) is 5.73 Å². The molecule has 0 saturated heterocycles. The Hall–Kier alpha value is -2.85. The van der Waals surface area contributed by atoms with Crippen LogP contribution in [-0.4, -0.2) is 39.8 Å². The van der Waals surface area contributed by atoms with Crippen LogP contribution in [0.2, 0.25) is 0 Å². The number of hydrogen-bond acceptors (Lipinski definition) is 7. The van der Waals surface area contributed by atoms with Crippen molar-refractivity contribution in [3.8, 4) is 11.3 Å². The van der Waals surface area contributed by atoms with Gasteiger partial charge in [0.2, 0.25) is 10.0 Å². The van der Waals surface area contributed by atoms with Gasteiger partial charge < -0.3 is 10.5 Å². The lowest BCUT2D eigenvalue weighted by Gasteiger charge is -2.28. The molecule has 0 radical (unpaired) electrons. The standard InChI is InChI=1S/C21H26N6O3S/c1-13-3-8-17(10-18(13)19-11-23-21-20(22)24-12-25-27(19)21)31(29,30)26-16-6-4-15(5-7-16)9-14(2)28/h3,8,10-12,15-16,26H,4-7,9H2,1-2H3,(H2,22,24,25). The fourth-order valence-electron chi connectivity index (χ4n) is 4.24. The highest BCUT2D eigenvalue weighted by Gasteiger charge is 2.27. The number of carbonyl (C=O) groups excluding carboxylic acids is 1. The van der Waals surface area contributed by atoms with Crippen molar-refractivity contribution in [3.63, 3.8) is 0 Å². The lowest BCUT2D eigenvalue weighted by Crippen LogP contribution is -2.37. The van der Waals surface area contributed by atoms with Crippen LogP contribution in [-0.2, 0) is 14.8 Å². The predicted octanol–water partition coefficient (Wildman–Crippen LogP) is 2.50. The molecule has 0 spiro atoms. The number of aromatic nitrogens is 4. The summed E-state index contributed by atoms with van der Waals surface area (Å²) < 4.78 is 30.6. The summed E-state index contributed by atoms with van der Waals surface area (Å²) in [6.07, 6.45) is 6.72. The second kappa shape index (κ2) is 8.35. The van der Waals surface area contributed by atoms with Gasteiger partial charge in [-0.25, -0.2) is 27.6 Å². The first-order valence-electron chi connectivity index (χ1n) is 10.3. The van der Waals surface area contributed by atoms with Crippen LogP contribution >= 0.6 is 0 Å². The lowest BCUT2D eigenvalue weighted by molar-refractivity contribution is -0.118. The highest BCUT2D eigenvalue weighted by molar-refractivity contribution is 7.89. The van der Waals surface area contributed by atoms with Crippen molar-refractivity contribution in [2.75, 3.05) is 5.73 Å². The number of benzene rings is 1. The molecule has 9 nitrogen and oxygen atoms in total. The summed E-state index contributed by atoms with van der Waals surface area (Å²) >= 11 is 0. The largest absolute Gasteiger partial charge is 0.381 e. The van der Waals surface area contributed by atoms with Crippen LogP contribution < -0.4 is 10.5 Å². The Bertz CT molecular complexity index is 1230. The molecule has 164 valence electrons. The van der Waals surface area contributed by atoms with Crippen molar-refractivity contribution < 1.29 is 13.2 Å². The molecule has 3 aromatic rings. The van der Waals surface area contributed by atoms with Crippen LogP contribution in [0.1, 0.15) is 44.6 Å². The van der Waals surface area contributed by atoms with Crippen molar-refractivity contribution in [1.82, 2.24) is 24.3 Å². The summed E-state index contributed by atoms with van der Waals surface area (Å²) in [7, 11) is -3.70. The quantitative estimate of drug-likeness (QED) is 0.599. The van der Waals surface area contributed by atoms with Crippen LogP contribution in [0.4, 0.5) is 5.82 Å². The zero-order valence-electron chi connectivity index (χ0n) is 17.6. The Kier molecular flexibility index (Phi) is 5.76. The van der Waals surface area contributed by atoms with Crippen molar-refractivity contribution in [1.29, 1.82) is 0 Å². The average Bonchev–Trinajstić information content (AvgIpc) is 3.14. The minimum Gasteiger partial charge on any atom is -0.381 e. The number of nitrogen functional groups attached to an aromatic ring is 1. The number of carbonyl (C=O) groups is 1. The molecule has 0 unspecified atom stereocenters. The number of Topliss-reactive ketones (excluding diaryl/α,β-unsaturated/α-hetero) is 1. The predicted molar refractivity (Wildman–Crippen MR) is 117 cm³/mol. The van der Waals surface area contributed by atoms with Gasteiger partial charge in [0, 0.05) is 18.0 Å². The molecule has 1 aromatic carbocycles. The number of nitrogens with zero attached hydrogens (tertiary/aromatic N) is 4. The number of aryl methyl sites for hydroxylation is 1. The van der Waals surface area contributed by atoms with Gasteiger partial charge in [-0.2, -0.15) is 5.10 Å².